The van der Waals surface area contributed by atoms with E-state index in [1.54, 1.807) is 35.0 Å². The first kappa shape index (κ1) is 26.0. The van der Waals surface area contributed by atoms with E-state index in [1.165, 1.54) is 6.07 Å². The fraction of sp³-hybridized carbons (Fsp3) is 0.393. The maximum absolute atomic E-state index is 13.0. The first-order valence-corrected chi connectivity index (χ1v) is 15.1. The van der Waals surface area contributed by atoms with Crippen LogP contribution >= 0.6 is 0 Å². The van der Waals surface area contributed by atoms with E-state index in [-0.39, 0.29) is 34.9 Å². The highest BCUT2D eigenvalue weighted by Gasteiger charge is 2.29. The van der Waals surface area contributed by atoms with Crippen molar-refractivity contribution in [3.05, 3.63) is 53.2 Å². The molecule has 2 saturated carbocycles. The zero-order valence-electron chi connectivity index (χ0n) is 21.8. The van der Waals surface area contributed by atoms with Crippen LogP contribution in [0.15, 0.2) is 47.0 Å². The molecule has 2 aromatic heterocycles. The van der Waals surface area contributed by atoms with Gasteiger partial charge in [-0.15, -0.1) is 0 Å². The number of hydrogen-bond donors (Lipinski definition) is 3. The Morgan fingerprint density at radius 3 is 2.52 bits per heavy atom. The lowest BCUT2D eigenvalue weighted by molar-refractivity contribution is -0.124. The molecule has 0 unspecified atom stereocenters. The summed E-state index contributed by atoms with van der Waals surface area (Å²) in [5, 5.41) is 22.9. The zero-order chi connectivity index (χ0) is 27.9. The maximum atomic E-state index is 13.0. The minimum absolute atomic E-state index is 0.0318. The van der Waals surface area contributed by atoms with Crippen LogP contribution in [0.25, 0.3) is 11.7 Å². The third-order valence-corrected chi connectivity index (χ3v) is 9.51. The van der Waals surface area contributed by atoms with Gasteiger partial charge in [-0.1, -0.05) is 6.07 Å². The molecule has 0 radical (unpaired) electrons. The van der Waals surface area contributed by atoms with Gasteiger partial charge in [0.15, 0.2) is 15.5 Å². The summed E-state index contributed by atoms with van der Waals surface area (Å²) in [5.74, 6) is 0.866. The molecule has 3 aliphatic rings. The van der Waals surface area contributed by atoms with Gasteiger partial charge in [0.25, 0.3) is 5.91 Å². The van der Waals surface area contributed by atoms with E-state index < -0.39 is 15.7 Å². The van der Waals surface area contributed by atoms with Crippen LogP contribution in [0.3, 0.4) is 0 Å². The Labute approximate surface area is 231 Å². The van der Waals surface area contributed by atoms with E-state index in [2.05, 4.69) is 21.0 Å². The molecule has 6 rings (SSSR count). The molecule has 12 heteroatoms. The number of hydrogen-bond acceptors (Lipinski definition) is 9. The monoisotopic (exact) mass is 559 g/mol. The zero-order valence-corrected chi connectivity index (χ0v) is 22.6. The lowest BCUT2D eigenvalue weighted by Gasteiger charge is -2.29. The average Bonchev–Trinajstić information content (AvgIpc) is 3.57. The second-order valence-electron chi connectivity index (χ2n) is 10.8. The first-order valence-electron chi connectivity index (χ1n) is 13.5. The van der Waals surface area contributed by atoms with Gasteiger partial charge in [-0.2, -0.15) is 14.9 Å². The van der Waals surface area contributed by atoms with Gasteiger partial charge in [-0.3, -0.25) is 14.9 Å². The van der Waals surface area contributed by atoms with Crippen LogP contribution in [0.5, 0.6) is 0 Å². The van der Waals surface area contributed by atoms with Crippen molar-refractivity contribution in [1.29, 1.82) is 5.26 Å². The van der Waals surface area contributed by atoms with Gasteiger partial charge < -0.3 is 10.6 Å². The van der Waals surface area contributed by atoms with Gasteiger partial charge in [0.1, 0.15) is 11.6 Å². The quantitative estimate of drug-likeness (QED) is 0.279. The largest absolute Gasteiger partial charge is 0.367 e. The van der Waals surface area contributed by atoms with Crippen LogP contribution in [0.2, 0.25) is 0 Å². The number of imide groups is 1. The van der Waals surface area contributed by atoms with Gasteiger partial charge in [0.2, 0.25) is 5.91 Å². The molecule has 3 fully saturated rings. The van der Waals surface area contributed by atoms with Gasteiger partial charge in [-0.05, 0) is 68.7 Å². The summed E-state index contributed by atoms with van der Waals surface area (Å²) in [6.07, 6.45) is 8.63. The normalized spacial score (nSPS) is 22.3. The maximum Gasteiger partial charge on any atom is 0.254 e. The van der Waals surface area contributed by atoms with Crippen molar-refractivity contribution >= 4 is 45.0 Å². The molecule has 3 heterocycles. The molecule has 1 aliphatic heterocycles. The number of carbonyl (C=O) groups excluding carboxylic acids is 2. The van der Waals surface area contributed by atoms with Crippen molar-refractivity contribution in [2.75, 3.05) is 16.4 Å². The Balaban J connectivity index is 1.17. The van der Waals surface area contributed by atoms with Crippen molar-refractivity contribution in [3.8, 4) is 6.07 Å². The minimum atomic E-state index is -3.48. The lowest BCUT2D eigenvalue weighted by atomic mass is 9.87. The number of fused-ring (bicyclic) bond motifs is 1. The van der Waals surface area contributed by atoms with Crippen molar-refractivity contribution < 1.29 is 18.0 Å². The molecule has 3 aromatic rings. The molecule has 0 spiro atoms. The molecule has 1 saturated heterocycles. The summed E-state index contributed by atoms with van der Waals surface area (Å²) in [6, 6.07) is 10.6. The molecule has 2 aliphatic carbocycles. The highest BCUT2D eigenvalue weighted by molar-refractivity contribution is 7.91. The fourth-order valence-corrected chi connectivity index (χ4v) is 7.09. The number of nitrogens with zero attached hydrogens (tertiary/aromatic N) is 4. The third-order valence-electron chi connectivity index (χ3n) is 7.63. The van der Waals surface area contributed by atoms with Gasteiger partial charge in [0.05, 0.1) is 34.9 Å². The Kier molecular flexibility index (Phi) is 6.75. The molecule has 0 atom stereocenters. The van der Waals surface area contributed by atoms with Crippen LogP contribution < -0.4 is 16.0 Å². The van der Waals surface area contributed by atoms with Gasteiger partial charge in [0, 0.05) is 29.3 Å². The van der Waals surface area contributed by atoms with E-state index in [0.29, 0.717) is 34.2 Å². The number of amides is 2. The number of nitrogens with one attached hydrogen (secondary N) is 3. The van der Waals surface area contributed by atoms with Crippen LogP contribution in [0, 0.1) is 17.2 Å². The second kappa shape index (κ2) is 10.4. The fourth-order valence-electron chi connectivity index (χ4n) is 5.35. The number of aromatic nitrogens is 3. The molecule has 2 amide bonds. The number of rotatable bonds is 8. The number of nitriles is 1. The van der Waals surface area contributed by atoms with Crippen molar-refractivity contribution in [2.45, 2.75) is 61.9 Å². The molecule has 1 aromatic carbocycles. The summed E-state index contributed by atoms with van der Waals surface area (Å²) in [7, 11) is -3.48. The van der Waals surface area contributed by atoms with Crippen LogP contribution in [0.4, 0.5) is 11.6 Å². The average molecular weight is 560 g/mol. The van der Waals surface area contributed by atoms with Crippen molar-refractivity contribution in [3.63, 3.8) is 0 Å². The molecule has 0 bridgehead atoms. The van der Waals surface area contributed by atoms with E-state index in [9.17, 15) is 18.0 Å². The van der Waals surface area contributed by atoms with Crippen molar-refractivity contribution in [2.24, 2.45) is 5.92 Å². The van der Waals surface area contributed by atoms with Crippen LogP contribution in [-0.2, 0) is 19.4 Å². The van der Waals surface area contributed by atoms with Crippen LogP contribution in [0.1, 0.15) is 56.1 Å². The topological polar surface area (TPSA) is 158 Å². The second-order valence-corrected chi connectivity index (χ2v) is 12.8. The molecule has 206 valence electrons. The Morgan fingerprint density at radius 2 is 1.82 bits per heavy atom. The predicted octanol–water partition coefficient (Wildman–Crippen LogP) is 3.05. The van der Waals surface area contributed by atoms with E-state index in [1.807, 2.05) is 12.1 Å². The van der Waals surface area contributed by atoms with E-state index >= 15 is 0 Å². The summed E-state index contributed by atoms with van der Waals surface area (Å²) < 4.78 is 27.6. The number of anilines is 2. The summed E-state index contributed by atoms with van der Waals surface area (Å²) >= 11 is 0. The van der Waals surface area contributed by atoms with Crippen molar-refractivity contribution in [1.82, 2.24) is 19.9 Å². The highest BCUT2D eigenvalue weighted by Crippen LogP contribution is 2.32. The highest BCUT2D eigenvalue weighted by atomic mass is 32.2. The summed E-state index contributed by atoms with van der Waals surface area (Å²) in [4.78, 5) is 28.7. The molecular weight excluding hydrogens is 530 g/mol. The van der Waals surface area contributed by atoms with Crippen LogP contribution in [-0.4, -0.2) is 52.7 Å². The van der Waals surface area contributed by atoms with Gasteiger partial charge in [-0.25, -0.2) is 13.4 Å². The Bertz CT molecular complexity index is 1680. The summed E-state index contributed by atoms with van der Waals surface area (Å²) in [5.41, 5.74) is 1.94. The summed E-state index contributed by atoms with van der Waals surface area (Å²) in [6.45, 7) is 0. The SMILES string of the molecule is N#Cc1cccc(S(=O)(=O)CC2CCC(Nc3cc(NC4CC4)n4ncc(/C=C5\CC(=O)NC5=O)c4n3)CC2)c1. The molecule has 11 nitrogen and oxygen atoms in total. The molecular formula is C28H29N7O4S. The predicted molar refractivity (Wildman–Crippen MR) is 148 cm³/mol. The minimum Gasteiger partial charge on any atom is -0.367 e. The van der Waals surface area contributed by atoms with E-state index in [4.69, 9.17) is 10.2 Å². The standard InChI is InChI=1S/C28H29N7O4S/c29-14-18-2-1-3-23(10-18)40(38,39)16-17-4-6-21(7-5-17)31-24-13-25(32-22-8-9-22)35-27(33-24)20(15-30-35)11-19-12-26(36)34-28(19)37/h1-3,10-11,13,15,17,21-22,32H,4-9,12,16H2,(H,31,33)(H,34,36,37)/b19-11+. The smallest absolute Gasteiger partial charge is 0.254 e. The molecule has 40 heavy (non-hydrogen) atoms. The molecule has 3 N–H and O–H groups in total. The number of sulfone groups is 1. The van der Waals surface area contributed by atoms with Gasteiger partial charge >= 0.3 is 0 Å². The number of benzene rings is 1. The number of carbonyl (C=O) groups is 2. The first-order chi connectivity index (χ1) is 19.3. The third kappa shape index (κ3) is 5.56. The van der Waals surface area contributed by atoms with E-state index in [0.717, 1.165) is 44.3 Å². The lowest BCUT2D eigenvalue weighted by Crippen LogP contribution is -2.29. The Morgan fingerprint density at radius 1 is 1.07 bits per heavy atom. The Hall–Kier alpha value is -4.24.